The van der Waals surface area contributed by atoms with Crippen molar-refractivity contribution >= 4 is 0 Å². The summed E-state index contributed by atoms with van der Waals surface area (Å²) < 4.78 is 21.4. The Morgan fingerprint density at radius 2 is 1.79 bits per heavy atom. The molecule has 28 heavy (non-hydrogen) atoms. The average Bonchev–Trinajstić information content (AvgIpc) is 3.42. The van der Waals surface area contributed by atoms with E-state index in [9.17, 15) is 0 Å². The smallest absolute Gasteiger partial charge is 0.276 e. The van der Waals surface area contributed by atoms with Crippen LogP contribution in [0.25, 0.3) is 34.2 Å². The lowest BCUT2D eigenvalue weighted by atomic mass is 10.1. The number of hydrogen-bond acceptors (Lipinski definition) is 7. The Hall–Kier alpha value is -3.81. The molecule has 0 saturated heterocycles. The molecule has 0 aliphatic rings. The van der Waals surface area contributed by atoms with Crippen molar-refractivity contribution in [2.24, 2.45) is 0 Å². The monoisotopic (exact) mass is 378 g/mol. The van der Waals surface area contributed by atoms with E-state index in [1.54, 1.807) is 27.4 Å². The number of para-hydroxylation sites is 1. The first-order chi connectivity index (χ1) is 13.7. The molecule has 0 fully saturated rings. The minimum atomic E-state index is 0.321. The number of benzene rings is 2. The number of methoxy groups -OCH3 is 3. The number of rotatable bonds is 6. The van der Waals surface area contributed by atoms with Crippen LogP contribution in [0.15, 0.2) is 53.1 Å². The van der Waals surface area contributed by atoms with Crippen LogP contribution in [0.5, 0.6) is 17.2 Å². The molecule has 0 aliphatic heterocycles. The number of aromatic amines is 1. The van der Waals surface area contributed by atoms with Crippen LogP contribution in [0.4, 0.5) is 0 Å². The number of hydrogen-bond donors (Lipinski definition) is 1. The van der Waals surface area contributed by atoms with E-state index < -0.39 is 0 Å². The summed E-state index contributed by atoms with van der Waals surface area (Å²) in [7, 11) is 4.77. The van der Waals surface area contributed by atoms with Crippen molar-refractivity contribution in [3.63, 3.8) is 0 Å². The Labute approximate surface area is 161 Å². The van der Waals surface area contributed by atoms with E-state index in [0.29, 0.717) is 34.5 Å². The fourth-order valence-corrected chi connectivity index (χ4v) is 2.87. The quantitative estimate of drug-likeness (QED) is 0.545. The normalized spacial score (nSPS) is 10.7. The van der Waals surface area contributed by atoms with Gasteiger partial charge in [0.1, 0.15) is 11.4 Å². The molecule has 0 aliphatic carbocycles. The third-order valence-corrected chi connectivity index (χ3v) is 4.24. The van der Waals surface area contributed by atoms with Crippen molar-refractivity contribution in [2.45, 2.75) is 0 Å². The van der Waals surface area contributed by atoms with Gasteiger partial charge in [0.15, 0.2) is 11.5 Å². The zero-order valence-corrected chi connectivity index (χ0v) is 15.6. The fraction of sp³-hybridized carbons (Fsp3) is 0.150. The van der Waals surface area contributed by atoms with E-state index in [0.717, 1.165) is 17.0 Å². The maximum absolute atomic E-state index is 5.44. The van der Waals surface area contributed by atoms with Crippen LogP contribution >= 0.6 is 0 Å². The van der Waals surface area contributed by atoms with Crippen LogP contribution in [0.3, 0.4) is 0 Å². The van der Waals surface area contributed by atoms with Crippen LogP contribution in [0.2, 0.25) is 0 Å². The van der Waals surface area contributed by atoms with E-state index >= 15 is 0 Å². The second kappa shape index (κ2) is 7.43. The van der Waals surface area contributed by atoms with Crippen molar-refractivity contribution in [2.75, 3.05) is 21.3 Å². The molecule has 1 N–H and O–H groups in total. The highest BCUT2D eigenvalue weighted by Crippen LogP contribution is 2.37. The fourth-order valence-electron chi connectivity index (χ4n) is 2.87. The molecule has 0 atom stereocenters. The van der Waals surface area contributed by atoms with Crippen molar-refractivity contribution in [3.8, 4) is 51.5 Å². The molecule has 0 saturated carbocycles. The molecule has 8 nitrogen and oxygen atoms in total. The Kier molecular flexibility index (Phi) is 4.67. The summed E-state index contributed by atoms with van der Waals surface area (Å²) in [6.45, 7) is 0. The van der Waals surface area contributed by atoms with E-state index in [1.165, 1.54) is 0 Å². The highest BCUT2D eigenvalue weighted by atomic mass is 16.5. The second-order valence-corrected chi connectivity index (χ2v) is 5.86. The Balaban J connectivity index is 1.67. The van der Waals surface area contributed by atoms with Crippen molar-refractivity contribution in [3.05, 3.63) is 48.5 Å². The number of nitrogens with one attached hydrogen (secondary N) is 1. The number of ether oxygens (including phenoxy) is 3. The molecule has 2 aromatic heterocycles. The average molecular weight is 378 g/mol. The van der Waals surface area contributed by atoms with E-state index in [1.807, 2.05) is 42.5 Å². The van der Waals surface area contributed by atoms with Crippen LogP contribution in [0, 0.1) is 0 Å². The molecular formula is C20H18N4O4. The molecular weight excluding hydrogens is 360 g/mol. The van der Waals surface area contributed by atoms with E-state index in [4.69, 9.17) is 18.7 Å². The van der Waals surface area contributed by atoms with Gasteiger partial charge in [0.25, 0.3) is 5.89 Å². The minimum Gasteiger partial charge on any atom is -0.497 e. The topological polar surface area (TPSA) is 95.3 Å². The van der Waals surface area contributed by atoms with Crippen molar-refractivity contribution < 1.29 is 18.7 Å². The largest absolute Gasteiger partial charge is 0.497 e. The summed E-state index contributed by atoms with van der Waals surface area (Å²) in [6.07, 6.45) is 0. The predicted octanol–water partition coefficient (Wildman–Crippen LogP) is 3.82. The lowest BCUT2D eigenvalue weighted by Crippen LogP contribution is -1.94. The van der Waals surface area contributed by atoms with Gasteiger partial charge in [0.05, 0.1) is 32.6 Å². The molecule has 0 unspecified atom stereocenters. The van der Waals surface area contributed by atoms with E-state index in [-0.39, 0.29) is 0 Å². The molecule has 4 aromatic rings. The minimum absolute atomic E-state index is 0.321. The van der Waals surface area contributed by atoms with Crippen LogP contribution in [0.1, 0.15) is 0 Å². The number of aromatic nitrogens is 4. The van der Waals surface area contributed by atoms with Gasteiger partial charge in [-0.15, -0.1) is 0 Å². The summed E-state index contributed by atoms with van der Waals surface area (Å²) in [5.41, 5.74) is 2.94. The molecule has 0 bridgehead atoms. The van der Waals surface area contributed by atoms with Gasteiger partial charge in [-0.1, -0.05) is 23.4 Å². The predicted molar refractivity (Wildman–Crippen MR) is 102 cm³/mol. The van der Waals surface area contributed by atoms with Gasteiger partial charge in [-0.2, -0.15) is 10.1 Å². The standard InChI is InChI=1S/C20H18N4O4/c1-25-13-7-4-6-12(10-13)15-11-16(23-22-15)20-21-19(24-28-20)14-8-5-9-17(26-2)18(14)27-3/h4-11H,1-3H3,(H,22,23). The summed E-state index contributed by atoms with van der Waals surface area (Å²) in [5, 5.41) is 11.3. The van der Waals surface area contributed by atoms with Crippen LogP contribution in [-0.2, 0) is 0 Å². The van der Waals surface area contributed by atoms with Gasteiger partial charge in [0, 0.05) is 5.56 Å². The van der Waals surface area contributed by atoms with Gasteiger partial charge in [-0.05, 0) is 30.3 Å². The molecule has 0 radical (unpaired) electrons. The highest BCUT2D eigenvalue weighted by molar-refractivity contribution is 5.70. The first-order valence-corrected chi connectivity index (χ1v) is 8.48. The molecule has 4 rings (SSSR count). The van der Waals surface area contributed by atoms with Gasteiger partial charge in [-0.3, -0.25) is 5.10 Å². The molecule has 0 amide bonds. The maximum atomic E-state index is 5.44. The first-order valence-electron chi connectivity index (χ1n) is 8.48. The van der Waals surface area contributed by atoms with Gasteiger partial charge in [-0.25, -0.2) is 0 Å². The molecule has 8 heteroatoms. The Bertz CT molecular complexity index is 1100. The summed E-state index contributed by atoms with van der Waals surface area (Å²) in [4.78, 5) is 4.47. The number of nitrogens with zero attached hydrogens (tertiary/aromatic N) is 3. The zero-order valence-electron chi connectivity index (χ0n) is 15.6. The Morgan fingerprint density at radius 1 is 0.929 bits per heavy atom. The number of H-pyrrole nitrogens is 1. The lowest BCUT2D eigenvalue weighted by Gasteiger charge is -2.09. The van der Waals surface area contributed by atoms with Gasteiger partial charge < -0.3 is 18.7 Å². The lowest BCUT2D eigenvalue weighted by molar-refractivity contribution is 0.355. The maximum Gasteiger partial charge on any atom is 0.276 e. The SMILES string of the molecule is COc1cccc(-c2cc(-c3nc(-c4cccc(OC)c4OC)no3)[nH]n2)c1. The molecule has 142 valence electrons. The van der Waals surface area contributed by atoms with Gasteiger partial charge >= 0.3 is 0 Å². The summed E-state index contributed by atoms with van der Waals surface area (Å²) in [6, 6.07) is 15.0. The van der Waals surface area contributed by atoms with Crippen molar-refractivity contribution in [1.82, 2.24) is 20.3 Å². The van der Waals surface area contributed by atoms with Crippen LogP contribution in [-0.4, -0.2) is 41.7 Å². The third-order valence-electron chi connectivity index (χ3n) is 4.24. The molecule has 2 aromatic carbocycles. The zero-order chi connectivity index (χ0) is 19.5. The summed E-state index contributed by atoms with van der Waals surface area (Å²) >= 11 is 0. The third kappa shape index (κ3) is 3.16. The summed E-state index contributed by atoms with van der Waals surface area (Å²) in [5.74, 6) is 2.60. The molecule has 0 spiro atoms. The highest BCUT2D eigenvalue weighted by Gasteiger charge is 2.19. The van der Waals surface area contributed by atoms with Crippen molar-refractivity contribution in [1.29, 1.82) is 0 Å². The van der Waals surface area contributed by atoms with Gasteiger partial charge in [0.2, 0.25) is 5.82 Å². The Morgan fingerprint density at radius 3 is 2.57 bits per heavy atom. The van der Waals surface area contributed by atoms with E-state index in [2.05, 4.69) is 20.3 Å². The first kappa shape index (κ1) is 17.6. The second-order valence-electron chi connectivity index (χ2n) is 5.86. The molecule has 2 heterocycles. The van der Waals surface area contributed by atoms with Crippen LogP contribution < -0.4 is 14.2 Å².